The van der Waals surface area contributed by atoms with Gasteiger partial charge < -0.3 is 14.0 Å². The van der Waals surface area contributed by atoms with Gasteiger partial charge in [0.25, 0.3) is 0 Å². The van der Waals surface area contributed by atoms with Gasteiger partial charge in [0.15, 0.2) is 5.75 Å². The fourth-order valence-electron chi connectivity index (χ4n) is 1.47. The minimum absolute atomic E-state index is 0. The zero-order valence-electron chi connectivity index (χ0n) is 11.7. The predicted molar refractivity (Wildman–Crippen MR) is 77.5 cm³/mol. The summed E-state index contributed by atoms with van der Waals surface area (Å²) in [6.07, 6.45) is -1.21. The van der Waals surface area contributed by atoms with Gasteiger partial charge in [0.2, 0.25) is 0 Å². The molecule has 0 atom stereocenters. The number of hydrogen-bond donors (Lipinski definition) is 0. The maximum Gasteiger partial charge on any atom is 1.00 e. The Morgan fingerprint density at radius 3 is 2.09 bits per heavy atom. The summed E-state index contributed by atoms with van der Waals surface area (Å²) in [7, 11) is -4.86. The topological polar surface area (TPSA) is 92.7 Å². The van der Waals surface area contributed by atoms with Crippen molar-refractivity contribution in [3.63, 3.8) is 0 Å². The van der Waals surface area contributed by atoms with E-state index in [1.165, 1.54) is 30.3 Å². The van der Waals surface area contributed by atoms with E-state index in [1.54, 1.807) is 0 Å². The molecule has 2 aromatic carbocycles. The third-order valence-electron chi connectivity index (χ3n) is 2.38. The van der Waals surface area contributed by atoms with Crippen molar-refractivity contribution >= 4 is 39.5 Å². The van der Waals surface area contributed by atoms with Gasteiger partial charge >= 0.3 is 35.7 Å². The molecule has 0 bridgehead atoms. The maximum atomic E-state index is 11.6. The molecule has 0 aliphatic carbocycles. The summed E-state index contributed by atoms with van der Waals surface area (Å²) < 4.78 is 42.9. The smallest absolute Gasteiger partial charge is 0.744 e. The average molecular weight is 385 g/mol. The third-order valence-corrected chi connectivity index (χ3v) is 3.73. The Morgan fingerprint density at radius 1 is 0.957 bits per heavy atom. The van der Waals surface area contributed by atoms with Crippen LogP contribution < -0.4 is 39.0 Å². The average Bonchev–Trinajstić information content (AvgIpc) is 2.42. The summed E-state index contributed by atoms with van der Waals surface area (Å²) in [4.78, 5) is 10.9. The van der Waals surface area contributed by atoms with Gasteiger partial charge in [-0.3, -0.25) is 0 Å². The minimum Gasteiger partial charge on any atom is -0.744 e. The van der Waals surface area contributed by atoms with Gasteiger partial charge in [0.1, 0.15) is 15.9 Å². The molecule has 10 heteroatoms. The summed E-state index contributed by atoms with van der Waals surface area (Å²) in [6.45, 7) is 0. The van der Waals surface area contributed by atoms with E-state index in [-0.39, 0.29) is 40.3 Å². The standard InChI is InChI=1S/C13H8Cl2O6S.Na/c14-8-1-4-10(5-2-8)20-13(16)21-11-6-3-9(15)7-12(11)22(17,18)19;/h1-7H,(H,17,18,19);/q;+1/p-1. The van der Waals surface area contributed by atoms with Crippen LogP contribution in [-0.4, -0.2) is 19.1 Å². The number of carbonyl (C=O) groups is 1. The van der Waals surface area contributed by atoms with E-state index in [4.69, 9.17) is 32.7 Å². The summed E-state index contributed by atoms with van der Waals surface area (Å²) in [6, 6.07) is 9.03. The number of hydrogen-bond acceptors (Lipinski definition) is 6. The molecule has 0 fully saturated rings. The largest absolute Gasteiger partial charge is 1.00 e. The summed E-state index contributed by atoms with van der Waals surface area (Å²) in [5.74, 6) is -0.340. The Balaban J connectivity index is 0.00000264. The van der Waals surface area contributed by atoms with Gasteiger partial charge in [0.05, 0.1) is 4.90 Å². The van der Waals surface area contributed by atoms with Crippen molar-refractivity contribution in [1.82, 2.24) is 0 Å². The van der Waals surface area contributed by atoms with Crippen molar-refractivity contribution in [2.45, 2.75) is 4.90 Å². The van der Waals surface area contributed by atoms with Crippen LogP contribution in [0.25, 0.3) is 0 Å². The van der Waals surface area contributed by atoms with E-state index < -0.39 is 26.9 Å². The van der Waals surface area contributed by atoms with E-state index in [2.05, 4.69) is 0 Å². The quantitative estimate of drug-likeness (QED) is 0.330. The predicted octanol–water partition coefficient (Wildman–Crippen LogP) is 0.479. The van der Waals surface area contributed by atoms with Crippen LogP contribution in [0.4, 0.5) is 4.79 Å². The van der Waals surface area contributed by atoms with Crippen LogP contribution in [0.5, 0.6) is 11.5 Å². The van der Waals surface area contributed by atoms with E-state index >= 15 is 0 Å². The number of carbonyl (C=O) groups excluding carboxylic acids is 1. The molecule has 0 saturated carbocycles. The Kier molecular flexibility index (Phi) is 7.34. The molecule has 23 heavy (non-hydrogen) atoms. The Hall–Kier alpha value is -0.800. The van der Waals surface area contributed by atoms with Crippen LogP contribution in [-0.2, 0) is 10.1 Å². The molecule has 0 saturated heterocycles. The third kappa shape index (κ3) is 5.96. The van der Waals surface area contributed by atoms with E-state index in [0.29, 0.717) is 5.02 Å². The molecular formula is C13H7Cl2NaO6S. The van der Waals surface area contributed by atoms with Crippen LogP contribution in [0, 0.1) is 0 Å². The summed E-state index contributed by atoms with van der Waals surface area (Å²) in [5, 5.41) is 0.450. The molecule has 6 nitrogen and oxygen atoms in total. The Morgan fingerprint density at radius 2 is 1.52 bits per heavy atom. The molecule has 0 spiro atoms. The van der Waals surface area contributed by atoms with E-state index in [1.807, 2.05) is 0 Å². The van der Waals surface area contributed by atoms with Crippen molar-refractivity contribution in [1.29, 1.82) is 0 Å². The molecule has 0 aliphatic heterocycles. The van der Waals surface area contributed by atoms with Crippen LogP contribution >= 0.6 is 23.2 Å². The first-order chi connectivity index (χ1) is 10.3. The molecule has 0 heterocycles. The molecule has 0 unspecified atom stereocenters. The first kappa shape index (κ1) is 20.2. The van der Waals surface area contributed by atoms with E-state index in [9.17, 15) is 17.8 Å². The number of rotatable bonds is 3. The second-order valence-corrected chi connectivity index (χ2v) is 6.17. The van der Waals surface area contributed by atoms with Gasteiger partial charge in [-0.05, 0) is 42.5 Å². The Labute approximate surface area is 164 Å². The second kappa shape index (κ2) is 8.34. The van der Waals surface area contributed by atoms with Crippen molar-refractivity contribution in [2.24, 2.45) is 0 Å². The van der Waals surface area contributed by atoms with Gasteiger partial charge in [-0.1, -0.05) is 23.2 Å². The van der Waals surface area contributed by atoms with Crippen LogP contribution in [0.1, 0.15) is 0 Å². The number of benzene rings is 2. The van der Waals surface area contributed by atoms with Crippen LogP contribution in [0.3, 0.4) is 0 Å². The molecule has 0 aliphatic rings. The zero-order valence-corrected chi connectivity index (χ0v) is 16.0. The second-order valence-electron chi connectivity index (χ2n) is 3.95. The van der Waals surface area contributed by atoms with Gasteiger partial charge in [0, 0.05) is 10.0 Å². The SMILES string of the molecule is O=C(Oc1ccc(Cl)cc1)Oc1ccc(Cl)cc1S(=O)(=O)[O-].[Na+]. The van der Waals surface area contributed by atoms with Crippen molar-refractivity contribution in [2.75, 3.05) is 0 Å². The summed E-state index contributed by atoms with van der Waals surface area (Å²) in [5.41, 5.74) is 0. The number of ether oxygens (including phenoxy) is 2. The van der Waals surface area contributed by atoms with Crippen molar-refractivity contribution < 1.29 is 56.8 Å². The first-order valence-electron chi connectivity index (χ1n) is 5.66. The van der Waals surface area contributed by atoms with Gasteiger partial charge in [-0.2, -0.15) is 0 Å². The molecule has 0 aromatic heterocycles. The fourth-order valence-corrected chi connectivity index (χ4v) is 2.46. The zero-order chi connectivity index (χ0) is 16.3. The molecule has 0 radical (unpaired) electrons. The van der Waals surface area contributed by atoms with Gasteiger partial charge in [-0.25, -0.2) is 13.2 Å². The van der Waals surface area contributed by atoms with Crippen molar-refractivity contribution in [3.05, 3.63) is 52.5 Å². The number of halogens is 2. The molecular weight excluding hydrogens is 378 g/mol. The molecule has 116 valence electrons. The molecule has 0 N–H and O–H groups in total. The normalized spacial score (nSPS) is 10.6. The summed E-state index contributed by atoms with van der Waals surface area (Å²) >= 11 is 11.3. The molecule has 2 rings (SSSR count). The Bertz CT molecular complexity index is 808. The first-order valence-corrected chi connectivity index (χ1v) is 7.83. The van der Waals surface area contributed by atoms with E-state index in [0.717, 1.165) is 12.1 Å². The fraction of sp³-hybridized carbons (Fsp3) is 0. The van der Waals surface area contributed by atoms with Gasteiger partial charge in [-0.15, -0.1) is 0 Å². The van der Waals surface area contributed by atoms with Crippen molar-refractivity contribution in [3.8, 4) is 11.5 Å². The van der Waals surface area contributed by atoms with Crippen LogP contribution in [0.15, 0.2) is 47.4 Å². The monoisotopic (exact) mass is 384 g/mol. The minimum atomic E-state index is -4.86. The molecule has 2 aromatic rings. The van der Waals surface area contributed by atoms with Crippen LogP contribution in [0.2, 0.25) is 10.0 Å². The maximum absolute atomic E-state index is 11.6. The molecule has 0 amide bonds.